The van der Waals surface area contributed by atoms with Crippen molar-refractivity contribution in [3.63, 3.8) is 0 Å². The topological polar surface area (TPSA) is 70.1 Å². The predicted molar refractivity (Wildman–Crippen MR) is 83.7 cm³/mol. The Morgan fingerprint density at radius 1 is 1.29 bits per heavy atom. The van der Waals surface area contributed by atoms with Crippen molar-refractivity contribution in [3.05, 3.63) is 46.0 Å². The first-order valence-corrected chi connectivity index (χ1v) is 6.98. The van der Waals surface area contributed by atoms with Crippen LogP contribution in [-0.2, 0) is 6.54 Å². The highest BCUT2D eigenvalue weighted by atomic mass is 16.5. The molecule has 1 aromatic heterocycles. The summed E-state index contributed by atoms with van der Waals surface area (Å²) in [5, 5.41) is 0. The first-order chi connectivity index (χ1) is 9.88. The van der Waals surface area contributed by atoms with Crippen LogP contribution in [0.4, 0.5) is 5.69 Å². The van der Waals surface area contributed by atoms with E-state index in [2.05, 4.69) is 18.8 Å². The zero-order chi connectivity index (χ0) is 15.6. The van der Waals surface area contributed by atoms with E-state index < -0.39 is 0 Å². The molecule has 0 atom stereocenters. The lowest BCUT2D eigenvalue weighted by Gasteiger charge is -2.12. The van der Waals surface area contributed by atoms with Gasteiger partial charge in [0.1, 0.15) is 5.75 Å². The standard InChI is InChI=1S/C16H21N3O2/c1-10(2)9-19-6-5-18-15(16(19)20)21-14-8-13(17)11(3)7-12(14)4/h5-8,10H,9,17H2,1-4H3. The third kappa shape index (κ3) is 3.42. The van der Waals surface area contributed by atoms with Crippen LogP contribution < -0.4 is 16.0 Å². The summed E-state index contributed by atoms with van der Waals surface area (Å²) in [5.74, 6) is 1.00. The van der Waals surface area contributed by atoms with Crippen molar-refractivity contribution < 1.29 is 4.74 Å². The highest BCUT2D eigenvalue weighted by molar-refractivity contribution is 5.54. The Morgan fingerprint density at radius 3 is 2.67 bits per heavy atom. The van der Waals surface area contributed by atoms with Crippen LogP contribution in [0.2, 0.25) is 0 Å². The molecule has 0 radical (unpaired) electrons. The Morgan fingerprint density at radius 2 is 2.00 bits per heavy atom. The van der Waals surface area contributed by atoms with Gasteiger partial charge in [-0.1, -0.05) is 19.9 Å². The quantitative estimate of drug-likeness (QED) is 0.878. The summed E-state index contributed by atoms with van der Waals surface area (Å²) in [6.45, 7) is 8.59. The number of nitrogens with two attached hydrogens (primary N) is 1. The Bertz CT molecular complexity index is 705. The molecule has 0 saturated carbocycles. The highest BCUT2D eigenvalue weighted by Gasteiger charge is 2.11. The minimum Gasteiger partial charge on any atom is -0.434 e. The van der Waals surface area contributed by atoms with Crippen LogP contribution in [0, 0.1) is 19.8 Å². The fourth-order valence-electron chi connectivity index (χ4n) is 2.10. The van der Waals surface area contributed by atoms with E-state index >= 15 is 0 Å². The molecule has 0 saturated heterocycles. The van der Waals surface area contributed by atoms with Crippen molar-refractivity contribution in [2.75, 3.05) is 5.73 Å². The van der Waals surface area contributed by atoms with Gasteiger partial charge >= 0.3 is 5.56 Å². The molecule has 2 N–H and O–H groups in total. The summed E-state index contributed by atoms with van der Waals surface area (Å²) in [4.78, 5) is 16.4. The lowest BCUT2D eigenvalue weighted by Crippen LogP contribution is -2.23. The number of ether oxygens (including phenoxy) is 1. The third-order valence-corrected chi connectivity index (χ3v) is 3.21. The van der Waals surface area contributed by atoms with E-state index in [1.165, 1.54) is 0 Å². The summed E-state index contributed by atoms with van der Waals surface area (Å²) in [7, 11) is 0. The number of hydrogen-bond donors (Lipinski definition) is 1. The average molecular weight is 287 g/mol. The third-order valence-electron chi connectivity index (χ3n) is 3.21. The number of nitrogen functional groups attached to an aromatic ring is 1. The van der Waals surface area contributed by atoms with Crippen molar-refractivity contribution in [3.8, 4) is 11.6 Å². The van der Waals surface area contributed by atoms with Crippen LogP contribution >= 0.6 is 0 Å². The smallest absolute Gasteiger partial charge is 0.313 e. The normalized spacial score (nSPS) is 10.9. The summed E-state index contributed by atoms with van der Waals surface area (Å²) >= 11 is 0. The second-order valence-electron chi connectivity index (χ2n) is 5.66. The highest BCUT2D eigenvalue weighted by Crippen LogP contribution is 2.26. The molecule has 5 nitrogen and oxygen atoms in total. The minimum absolute atomic E-state index is 0.0736. The van der Waals surface area contributed by atoms with E-state index in [1.807, 2.05) is 19.9 Å². The van der Waals surface area contributed by atoms with Crippen molar-refractivity contribution in [1.29, 1.82) is 0 Å². The van der Waals surface area contributed by atoms with Gasteiger partial charge < -0.3 is 15.0 Å². The van der Waals surface area contributed by atoms with E-state index in [0.717, 1.165) is 11.1 Å². The first-order valence-electron chi connectivity index (χ1n) is 6.98. The molecule has 2 aromatic rings. The number of benzene rings is 1. The Labute approximate surface area is 124 Å². The second-order valence-corrected chi connectivity index (χ2v) is 5.66. The summed E-state index contributed by atoms with van der Waals surface area (Å²) in [6, 6.07) is 3.66. The molecule has 0 fully saturated rings. The molecule has 0 aliphatic carbocycles. The summed E-state index contributed by atoms with van der Waals surface area (Å²) in [6.07, 6.45) is 3.25. The van der Waals surface area contributed by atoms with Crippen molar-refractivity contribution >= 4 is 5.69 Å². The van der Waals surface area contributed by atoms with E-state index in [1.54, 1.807) is 23.0 Å². The van der Waals surface area contributed by atoms with E-state index in [-0.39, 0.29) is 11.4 Å². The molecule has 0 unspecified atom stereocenters. The monoisotopic (exact) mass is 287 g/mol. The molecule has 5 heteroatoms. The molecule has 0 aliphatic heterocycles. The van der Waals surface area contributed by atoms with Crippen LogP contribution in [0.5, 0.6) is 11.6 Å². The van der Waals surface area contributed by atoms with Crippen LogP contribution in [-0.4, -0.2) is 9.55 Å². The van der Waals surface area contributed by atoms with Gasteiger partial charge in [-0.05, 0) is 30.9 Å². The van der Waals surface area contributed by atoms with Gasteiger partial charge in [-0.2, -0.15) is 0 Å². The van der Waals surface area contributed by atoms with Crippen molar-refractivity contribution in [2.45, 2.75) is 34.2 Å². The Hall–Kier alpha value is -2.30. The van der Waals surface area contributed by atoms with Gasteiger partial charge in [0.2, 0.25) is 0 Å². The average Bonchev–Trinajstić information content (AvgIpc) is 2.40. The molecule has 0 amide bonds. The number of aromatic nitrogens is 2. The summed E-state index contributed by atoms with van der Waals surface area (Å²) < 4.78 is 7.28. The number of nitrogens with zero attached hydrogens (tertiary/aromatic N) is 2. The Kier molecular flexibility index (Phi) is 4.31. The van der Waals surface area contributed by atoms with Crippen molar-refractivity contribution in [2.24, 2.45) is 5.92 Å². The van der Waals surface area contributed by atoms with Crippen molar-refractivity contribution in [1.82, 2.24) is 9.55 Å². The lowest BCUT2D eigenvalue weighted by molar-refractivity contribution is 0.430. The molecule has 0 bridgehead atoms. The fraction of sp³-hybridized carbons (Fsp3) is 0.375. The maximum Gasteiger partial charge on any atom is 0.313 e. The molecule has 1 heterocycles. The summed E-state index contributed by atoms with van der Waals surface area (Å²) in [5.41, 5.74) is 8.20. The van der Waals surface area contributed by atoms with Gasteiger partial charge in [-0.15, -0.1) is 0 Å². The molecule has 2 rings (SSSR count). The van der Waals surface area contributed by atoms with Gasteiger partial charge in [-0.3, -0.25) is 4.79 Å². The Balaban J connectivity index is 2.36. The first kappa shape index (κ1) is 15.1. The predicted octanol–water partition coefficient (Wildman–Crippen LogP) is 2.89. The minimum atomic E-state index is -0.232. The molecule has 112 valence electrons. The van der Waals surface area contributed by atoms with Gasteiger partial charge in [0.25, 0.3) is 5.88 Å². The van der Waals surface area contributed by atoms with Gasteiger partial charge in [0.15, 0.2) is 0 Å². The molecular weight excluding hydrogens is 266 g/mol. The fourth-order valence-corrected chi connectivity index (χ4v) is 2.10. The molecule has 1 aromatic carbocycles. The lowest BCUT2D eigenvalue weighted by atomic mass is 10.1. The van der Waals surface area contributed by atoms with Crippen LogP contribution in [0.1, 0.15) is 25.0 Å². The molecule has 21 heavy (non-hydrogen) atoms. The van der Waals surface area contributed by atoms with Crippen LogP contribution in [0.3, 0.4) is 0 Å². The van der Waals surface area contributed by atoms with Gasteiger partial charge in [0, 0.05) is 30.7 Å². The van der Waals surface area contributed by atoms with Crippen LogP contribution in [0.15, 0.2) is 29.3 Å². The number of hydrogen-bond acceptors (Lipinski definition) is 4. The maximum absolute atomic E-state index is 12.3. The van der Waals surface area contributed by atoms with E-state index in [0.29, 0.717) is 23.9 Å². The largest absolute Gasteiger partial charge is 0.434 e. The second kappa shape index (κ2) is 5.99. The molecule has 0 aliphatic rings. The molecule has 0 spiro atoms. The van der Waals surface area contributed by atoms with Gasteiger partial charge in [-0.25, -0.2) is 4.98 Å². The zero-order valence-electron chi connectivity index (χ0n) is 12.9. The van der Waals surface area contributed by atoms with E-state index in [4.69, 9.17) is 10.5 Å². The number of aryl methyl sites for hydroxylation is 2. The zero-order valence-corrected chi connectivity index (χ0v) is 12.9. The van der Waals surface area contributed by atoms with Gasteiger partial charge in [0.05, 0.1) is 0 Å². The molecular formula is C16H21N3O2. The number of anilines is 1. The maximum atomic E-state index is 12.3. The van der Waals surface area contributed by atoms with E-state index in [9.17, 15) is 4.79 Å². The van der Waals surface area contributed by atoms with Crippen LogP contribution in [0.25, 0.3) is 0 Å². The SMILES string of the molecule is Cc1cc(C)c(Oc2nccn(CC(C)C)c2=O)cc1N. The number of rotatable bonds is 4.